The Balaban J connectivity index is 1.29. The second-order valence-electron chi connectivity index (χ2n) is 11.4. The summed E-state index contributed by atoms with van der Waals surface area (Å²) in [5, 5.41) is 7.11. The molecule has 4 nitrogen and oxygen atoms in total. The highest BCUT2D eigenvalue weighted by atomic mass is 16.3. The predicted octanol–water partition coefficient (Wildman–Crippen LogP) is 9.14. The predicted molar refractivity (Wildman–Crippen MR) is 187 cm³/mol. The molecule has 0 atom stereocenters. The molecule has 9 rings (SSSR count). The molecule has 45 heavy (non-hydrogen) atoms. The van der Waals surface area contributed by atoms with E-state index in [0.717, 1.165) is 49.8 Å². The molecule has 4 heteroatoms. The first kappa shape index (κ1) is 25.5. The highest BCUT2D eigenvalue weighted by Crippen LogP contribution is 2.38. The van der Waals surface area contributed by atoms with Gasteiger partial charge in [-0.15, -0.1) is 0 Å². The Labute approximate surface area is 258 Å². The monoisotopic (exact) mass is 577 g/mol. The van der Waals surface area contributed by atoms with Crippen molar-refractivity contribution in [3.63, 3.8) is 0 Å². The van der Waals surface area contributed by atoms with Crippen molar-refractivity contribution in [2.45, 2.75) is 6.92 Å². The van der Waals surface area contributed by atoms with Crippen LogP contribution in [-0.4, -0.2) is 14.4 Å². The minimum Gasteiger partial charge on any atom is -0.452 e. The van der Waals surface area contributed by atoms with E-state index in [0.29, 0.717) is 11.4 Å². The number of allylic oxidation sites excluding steroid dienone is 1. The van der Waals surface area contributed by atoms with Crippen LogP contribution in [0.5, 0.6) is 0 Å². The van der Waals surface area contributed by atoms with E-state index in [-0.39, 0.29) is 0 Å². The highest BCUT2D eigenvalue weighted by Gasteiger charge is 2.20. The molecule has 0 radical (unpaired) electrons. The Morgan fingerprint density at radius 1 is 0.667 bits per heavy atom. The average Bonchev–Trinajstić information content (AvgIpc) is 3.74. The average molecular weight is 578 g/mol. The van der Waals surface area contributed by atoms with Gasteiger partial charge in [0.15, 0.2) is 11.4 Å². The zero-order valence-corrected chi connectivity index (χ0v) is 24.7. The standard InChI is InChI=1S/C41H27N3O/c1-3-12-34-29(4-2)30-17-11-18-31-32-23-27(19-21-35(32)44(34)39(30)31)28-20-22-36-33(24-28)38-40(45-36)37(25-13-7-5-8-14-25)42-41(43-38)26-15-9-6-10-16-26/h3-24H,1H2,2H3/b29-4-,34-12+. The molecule has 0 saturated carbocycles. The maximum atomic E-state index is 6.48. The zero-order valence-electron chi connectivity index (χ0n) is 24.7. The van der Waals surface area contributed by atoms with Crippen molar-refractivity contribution in [2.75, 3.05) is 0 Å². The SMILES string of the molecule is C=C/C=c1\c(=C/C)c2cccc3c4cc(-c5ccc6oc7c(-c8ccccc8)nc(-c8ccccc8)nc7c6c5)ccc4n1c23. The normalized spacial score (nSPS) is 12.9. The van der Waals surface area contributed by atoms with Crippen LogP contribution in [0.25, 0.3) is 95.2 Å². The van der Waals surface area contributed by atoms with Crippen LogP contribution in [0.2, 0.25) is 0 Å². The maximum Gasteiger partial charge on any atom is 0.180 e. The fraction of sp³-hybridized carbons (Fsp3) is 0.0244. The quantitative estimate of drug-likeness (QED) is 0.210. The lowest BCUT2D eigenvalue weighted by atomic mass is 10.0. The second kappa shape index (κ2) is 9.76. The molecule has 0 bridgehead atoms. The van der Waals surface area contributed by atoms with Crippen LogP contribution < -0.4 is 10.6 Å². The Kier molecular flexibility index (Phi) is 5.53. The van der Waals surface area contributed by atoms with Crippen LogP contribution in [0.4, 0.5) is 0 Å². The van der Waals surface area contributed by atoms with Crippen LogP contribution in [0.1, 0.15) is 6.92 Å². The summed E-state index contributed by atoms with van der Waals surface area (Å²) in [6, 6.07) is 40.1. The number of fused-ring (bicyclic) bond motifs is 6. The first-order valence-electron chi connectivity index (χ1n) is 15.2. The number of furan rings is 1. The molecule has 0 aliphatic heterocycles. The van der Waals surface area contributed by atoms with Gasteiger partial charge >= 0.3 is 0 Å². The van der Waals surface area contributed by atoms with Gasteiger partial charge in [0.2, 0.25) is 0 Å². The van der Waals surface area contributed by atoms with Gasteiger partial charge in [-0.3, -0.25) is 0 Å². The first-order chi connectivity index (χ1) is 22.2. The fourth-order valence-corrected chi connectivity index (χ4v) is 6.89. The van der Waals surface area contributed by atoms with Gasteiger partial charge in [0, 0.05) is 37.9 Å². The Bertz CT molecular complexity index is 2720. The summed E-state index contributed by atoms with van der Waals surface area (Å²) in [5.41, 5.74) is 9.75. The molecule has 0 amide bonds. The molecule has 0 fully saturated rings. The van der Waals surface area contributed by atoms with Crippen LogP contribution in [-0.2, 0) is 0 Å². The van der Waals surface area contributed by atoms with Crippen molar-refractivity contribution in [3.05, 3.63) is 138 Å². The van der Waals surface area contributed by atoms with E-state index in [1.807, 2.05) is 54.6 Å². The third-order valence-corrected chi connectivity index (χ3v) is 8.88. The van der Waals surface area contributed by atoms with Crippen LogP contribution in [0.3, 0.4) is 0 Å². The molecule has 0 saturated heterocycles. The molecule has 4 aromatic heterocycles. The van der Waals surface area contributed by atoms with E-state index >= 15 is 0 Å². The second-order valence-corrected chi connectivity index (χ2v) is 11.4. The molecule has 0 unspecified atom stereocenters. The Morgan fingerprint density at radius 3 is 2.13 bits per heavy atom. The third kappa shape index (κ3) is 3.72. The Morgan fingerprint density at radius 2 is 1.38 bits per heavy atom. The molecule has 0 aliphatic rings. The summed E-state index contributed by atoms with van der Waals surface area (Å²) < 4.78 is 8.85. The van der Waals surface area contributed by atoms with Crippen molar-refractivity contribution in [3.8, 4) is 33.8 Å². The first-order valence-corrected chi connectivity index (χ1v) is 15.2. The summed E-state index contributed by atoms with van der Waals surface area (Å²) in [6.07, 6.45) is 6.17. The van der Waals surface area contributed by atoms with Crippen molar-refractivity contribution in [2.24, 2.45) is 0 Å². The molecule has 212 valence electrons. The lowest BCUT2D eigenvalue weighted by Gasteiger charge is -2.06. The maximum absolute atomic E-state index is 6.48. The molecule has 5 aromatic carbocycles. The number of nitrogens with zero attached hydrogens (tertiary/aromatic N) is 3. The molecule has 4 heterocycles. The molecular formula is C41H27N3O. The third-order valence-electron chi connectivity index (χ3n) is 8.88. The minimum atomic E-state index is 0.679. The largest absolute Gasteiger partial charge is 0.452 e. The number of rotatable bonds is 4. The number of aromatic nitrogens is 3. The van der Waals surface area contributed by atoms with Crippen LogP contribution in [0.15, 0.2) is 132 Å². The van der Waals surface area contributed by atoms with Gasteiger partial charge in [-0.25, -0.2) is 9.97 Å². The minimum absolute atomic E-state index is 0.679. The van der Waals surface area contributed by atoms with Gasteiger partial charge < -0.3 is 8.82 Å². The van der Waals surface area contributed by atoms with Gasteiger partial charge in [-0.05, 0) is 48.4 Å². The van der Waals surface area contributed by atoms with E-state index in [1.54, 1.807) is 0 Å². The summed E-state index contributed by atoms with van der Waals surface area (Å²) in [7, 11) is 0. The van der Waals surface area contributed by atoms with Crippen molar-refractivity contribution < 1.29 is 4.42 Å². The van der Waals surface area contributed by atoms with Crippen LogP contribution in [0, 0.1) is 0 Å². The lowest BCUT2D eigenvalue weighted by molar-refractivity contribution is 0.667. The fourth-order valence-electron chi connectivity index (χ4n) is 6.89. The van der Waals surface area contributed by atoms with Gasteiger partial charge in [-0.1, -0.05) is 110 Å². The van der Waals surface area contributed by atoms with Crippen molar-refractivity contribution in [1.82, 2.24) is 14.4 Å². The van der Waals surface area contributed by atoms with E-state index in [9.17, 15) is 0 Å². The number of para-hydroxylation sites is 1. The number of benzene rings is 5. The van der Waals surface area contributed by atoms with Gasteiger partial charge in [0.25, 0.3) is 0 Å². The summed E-state index contributed by atoms with van der Waals surface area (Å²) >= 11 is 0. The van der Waals surface area contributed by atoms with E-state index in [1.165, 1.54) is 32.4 Å². The topological polar surface area (TPSA) is 43.3 Å². The zero-order chi connectivity index (χ0) is 30.1. The summed E-state index contributed by atoms with van der Waals surface area (Å²) in [5.74, 6) is 0.679. The molecule has 0 N–H and O–H groups in total. The van der Waals surface area contributed by atoms with E-state index in [4.69, 9.17) is 14.4 Å². The molecule has 0 spiro atoms. The number of hydrogen-bond donors (Lipinski definition) is 0. The van der Waals surface area contributed by atoms with E-state index < -0.39 is 0 Å². The molecule has 9 aromatic rings. The molecule has 0 aliphatic carbocycles. The highest BCUT2D eigenvalue weighted by molar-refractivity contribution is 6.16. The summed E-state index contributed by atoms with van der Waals surface area (Å²) in [6.45, 7) is 6.09. The van der Waals surface area contributed by atoms with Gasteiger partial charge in [-0.2, -0.15) is 0 Å². The van der Waals surface area contributed by atoms with Crippen LogP contribution >= 0.6 is 0 Å². The van der Waals surface area contributed by atoms with E-state index in [2.05, 4.69) is 96.8 Å². The van der Waals surface area contributed by atoms with Gasteiger partial charge in [0.1, 0.15) is 16.8 Å². The lowest BCUT2D eigenvalue weighted by Crippen LogP contribution is -2.25. The number of hydrogen-bond acceptors (Lipinski definition) is 3. The summed E-state index contributed by atoms with van der Waals surface area (Å²) in [4.78, 5) is 10.1. The van der Waals surface area contributed by atoms with Crippen molar-refractivity contribution >= 4 is 61.4 Å². The van der Waals surface area contributed by atoms with Crippen molar-refractivity contribution in [1.29, 1.82) is 0 Å². The smallest absolute Gasteiger partial charge is 0.180 e. The molecular weight excluding hydrogens is 550 g/mol. The van der Waals surface area contributed by atoms with Gasteiger partial charge in [0.05, 0.1) is 16.4 Å². The Hall–Kier alpha value is -6.00.